The highest BCUT2D eigenvalue weighted by Crippen LogP contribution is 2.38. The summed E-state index contributed by atoms with van der Waals surface area (Å²) in [5.74, 6) is -6.50. The molecular formula is C17H8F6N6O. The molecule has 154 valence electrons. The molecule has 0 amide bonds. The van der Waals surface area contributed by atoms with Crippen molar-refractivity contribution >= 4 is 11.3 Å². The van der Waals surface area contributed by atoms with Gasteiger partial charge in [0.2, 0.25) is 5.82 Å². The Labute approximate surface area is 163 Å². The van der Waals surface area contributed by atoms with Crippen molar-refractivity contribution < 1.29 is 31.1 Å². The van der Waals surface area contributed by atoms with Crippen LogP contribution in [0, 0.1) is 28.8 Å². The smallest absolute Gasteiger partial charge is 0.416 e. The molecule has 7 nitrogen and oxygen atoms in total. The number of rotatable bonds is 5. The minimum atomic E-state index is -4.99. The van der Waals surface area contributed by atoms with Gasteiger partial charge in [0.05, 0.1) is 11.3 Å². The molecule has 0 aliphatic rings. The Morgan fingerprint density at radius 2 is 1.80 bits per heavy atom. The number of H-pyrrole nitrogens is 1. The van der Waals surface area contributed by atoms with E-state index >= 15 is 0 Å². The van der Waals surface area contributed by atoms with Gasteiger partial charge >= 0.3 is 6.18 Å². The maximum atomic E-state index is 14.2. The zero-order valence-corrected chi connectivity index (χ0v) is 14.4. The summed E-state index contributed by atoms with van der Waals surface area (Å²) in [6.07, 6.45) is -3.94. The second kappa shape index (κ2) is 8.11. The lowest BCUT2D eigenvalue weighted by Gasteiger charge is -2.14. The number of tetrazole rings is 1. The van der Waals surface area contributed by atoms with Crippen molar-refractivity contribution in [1.82, 2.24) is 20.6 Å². The molecule has 0 atom stereocenters. The number of benzene rings is 2. The van der Waals surface area contributed by atoms with E-state index < -0.39 is 40.7 Å². The van der Waals surface area contributed by atoms with Crippen molar-refractivity contribution in [3.63, 3.8) is 0 Å². The van der Waals surface area contributed by atoms with Gasteiger partial charge in [0, 0.05) is 6.20 Å². The van der Waals surface area contributed by atoms with Crippen molar-refractivity contribution in [3.8, 4) is 17.6 Å². The topological polar surface area (TPSA) is 99.5 Å². The molecule has 13 heteroatoms. The molecule has 0 bridgehead atoms. The summed E-state index contributed by atoms with van der Waals surface area (Å²) in [6, 6.07) is 5.15. The van der Waals surface area contributed by atoms with E-state index in [0.29, 0.717) is 0 Å². The molecule has 0 unspecified atom stereocenters. The molecule has 3 rings (SSSR count). The number of aromatic nitrogens is 4. The van der Waals surface area contributed by atoms with Crippen LogP contribution in [0.5, 0.6) is 11.5 Å². The Morgan fingerprint density at radius 1 is 1.10 bits per heavy atom. The van der Waals surface area contributed by atoms with Crippen LogP contribution in [0.1, 0.15) is 11.4 Å². The number of nitriles is 1. The van der Waals surface area contributed by atoms with E-state index in [9.17, 15) is 26.3 Å². The summed E-state index contributed by atoms with van der Waals surface area (Å²) in [6.45, 7) is 0. The molecule has 2 aromatic carbocycles. The zero-order valence-electron chi connectivity index (χ0n) is 14.4. The molecule has 0 aliphatic heterocycles. The van der Waals surface area contributed by atoms with Gasteiger partial charge < -0.3 is 10.1 Å². The van der Waals surface area contributed by atoms with Crippen LogP contribution in [0.4, 0.5) is 32.0 Å². The number of hydrogen-bond donors (Lipinski definition) is 2. The fraction of sp³-hybridized carbons (Fsp3) is 0.0588. The highest BCUT2D eigenvalue weighted by atomic mass is 19.4. The maximum Gasteiger partial charge on any atom is 0.416 e. The van der Waals surface area contributed by atoms with E-state index in [1.807, 2.05) is 0 Å². The monoisotopic (exact) mass is 426 g/mol. The van der Waals surface area contributed by atoms with Crippen LogP contribution in [0.3, 0.4) is 0 Å². The van der Waals surface area contributed by atoms with E-state index in [2.05, 4.69) is 25.9 Å². The number of nitrogens with one attached hydrogen (secondary N) is 2. The fourth-order valence-corrected chi connectivity index (χ4v) is 2.22. The van der Waals surface area contributed by atoms with Gasteiger partial charge in [0.25, 0.3) is 0 Å². The Morgan fingerprint density at radius 3 is 2.37 bits per heavy atom. The first-order chi connectivity index (χ1) is 14.2. The van der Waals surface area contributed by atoms with Gasteiger partial charge in [-0.2, -0.15) is 23.6 Å². The predicted octanol–water partition coefficient (Wildman–Crippen LogP) is 4.40. The molecule has 3 aromatic rings. The van der Waals surface area contributed by atoms with Gasteiger partial charge in [0.1, 0.15) is 11.6 Å². The predicted molar refractivity (Wildman–Crippen MR) is 89.2 cm³/mol. The van der Waals surface area contributed by atoms with Crippen molar-refractivity contribution in [2.75, 3.05) is 5.32 Å². The number of alkyl halides is 3. The molecule has 1 aromatic heterocycles. The molecule has 2 N–H and O–H groups in total. The van der Waals surface area contributed by atoms with Crippen LogP contribution < -0.4 is 10.1 Å². The van der Waals surface area contributed by atoms with E-state index in [1.54, 1.807) is 6.07 Å². The Kier molecular flexibility index (Phi) is 5.58. The van der Waals surface area contributed by atoms with Crippen LogP contribution in [0.2, 0.25) is 0 Å². The Balaban J connectivity index is 1.96. The number of nitrogens with zero attached hydrogens (tertiary/aromatic N) is 4. The van der Waals surface area contributed by atoms with Gasteiger partial charge in [-0.05, 0) is 29.5 Å². The van der Waals surface area contributed by atoms with Gasteiger partial charge in [-0.1, -0.05) is 6.07 Å². The van der Waals surface area contributed by atoms with Gasteiger partial charge in [-0.3, -0.25) is 0 Å². The second-order valence-electron chi connectivity index (χ2n) is 5.53. The quantitative estimate of drug-likeness (QED) is 0.463. The molecule has 0 spiro atoms. The van der Waals surface area contributed by atoms with E-state index in [1.165, 1.54) is 12.1 Å². The van der Waals surface area contributed by atoms with Crippen LogP contribution in [-0.2, 0) is 6.18 Å². The molecule has 30 heavy (non-hydrogen) atoms. The van der Waals surface area contributed by atoms with E-state index in [-0.39, 0.29) is 29.2 Å². The normalized spacial score (nSPS) is 11.8. The summed E-state index contributed by atoms with van der Waals surface area (Å²) in [7, 11) is 0. The largest absolute Gasteiger partial charge is 0.446 e. The highest BCUT2D eigenvalue weighted by Gasteiger charge is 2.33. The maximum absolute atomic E-state index is 14.2. The van der Waals surface area contributed by atoms with Crippen molar-refractivity contribution in [2.45, 2.75) is 6.18 Å². The van der Waals surface area contributed by atoms with Gasteiger partial charge in [-0.15, -0.1) is 10.2 Å². The number of ether oxygens (including phenoxy) is 1. The first-order valence-corrected chi connectivity index (χ1v) is 7.84. The Bertz CT molecular complexity index is 1110. The third-order valence-corrected chi connectivity index (χ3v) is 3.58. The number of allylic oxidation sites excluding steroid dienone is 1. The highest BCUT2D eigenvalue weighted by molar-refractivity contribution is 5.75. The zero-order chi connectivity index (χ0) is 21.9. The second-order valence-corrected chi connectivity index (χ2v) is 5.53. The third kappa shape index (κ3) is 4.32. The summed E-state index contributed by atoms with van der Waals surface area (Å²) in [5, 5.41) is 24.2. The molecule has 0 fully saturated rings. The fourth-order valence-electron chi connectivity index (χ4n) is 2.22. The molecule has 0 radical (unpaired) electrons. The van der Waals surface area contributed by atoms with Gasteiger partial charge in [0.15, 0.2) is 29.0 Å². The third-order valence-electron chi connectivity index (χ3n) is 3.58. The van der Waals surface area contributed by atoms with Gasteiger partial charge in [-0.25, -0.2) is 13.2 Å². The molecular weight excluding hydrogens is 418 g/mol. The summed E-state index contributed by atoms with van der Waals surface area (Å²) in [5.41, 5.74) is -1.89. The molecule has 1 heterocycles. The summed E-state index contributed by atoms with van der Waals surface area (Å²) in [4.78, 5) is 0. The number of halogens is 6. The lowest BCUT2D eigenvalue weighted by molar-refractivity contribution is -0.138. The molecule has 0 saturated carbocycles. The minimum absolute atomic E-state index is 0.0241. The first-order valence-electron chi connectivity index (χ1n) is 7.84. The number of aromatic amines is 1. The van der Waals surface area contributed by atoms with Crippen LogP contribution >= 0.6 is 0 Å². The van der Waals surface area contributed by atoms with E-state index in [0.717, 1.165) is 12.3 Å². The standard InChI is InChI=1S/C17H8F6N6O/c18-10-2-1-3-13(25-7-8(6-24)16-26-28-29-27-16)15(10)30-14-11(19)4-9(5-12(14)20)17(21,22)23/h1-5,7,25H,(H,26,27,28,29). The van der Waals surface area contributed by atoms with E-state index in [4.69, 9.17) is 10.00 Å². The summed E-state index contributed by atoms with van der Waals surface area (Å²) >= 11 is 0. The SMILES string of the molecule is N#CC(=CNc1cccc(F)c1Oc1c(F)cc(C(F)(F)F)cc1F)c1nn[nH]n1. The molecule has 0 aliphatic carbocycles. The van der Waals surface area contributed by atoms with Crippen LogP contribution in [-0.4, -0.2) is 20.6 Å². The lowest BCUT2D eigenvalue weighted by Crippen LogP contribution is -2.07. The van der Waals surface area contributed by atoms with Crippen molar-refractivity contribution in [2.24, 2.45) is 0 Å². The number of anilines is 1. The minimum Gasteiger partial charge on any atom is -0.446 e. The van der Waals surface area contributed by atoms with Crippen molar-refractivity contribution in [3.05, 3.63) is 65.4 Å². The number of hydrogen-bond acceptors (Lipinski definition) is 6. The molecule has 0 saturated heterocycles. The first kappa shape index (κ1) is 20.6. The number of para-hydroxylation sites is 1. The lowest BCUT2D eigenvalue weighted by atomic mass is 10.2. The summed E-state index contributed by atoms with van der Waals surface area (Å²) < 4.78 is 85.3. The Hall–Kier alpha value is -4.08. The van der Waals surface area contributed by atoms with Crippen LogP contribution in [0.25, 0.3) is 5.57 Å². The van der Waals surface area contributed by atoms with Crippen molar-refractivity contribution in [1.29, 1.82) is 5.26 Å². The van der Waals surface area contributed by atoms with Crippen LogP contribution in [0.15, 0.2) is 36.5 Å². The average Bonchev–Trinajstić information content (AvgIpc) is 3.20. The average molecular weight is 426 g/mol.